The fraction of sp³-hybridized carbons (Fsp3) is 0.200. The van der Waals surface area contributed by atoms with Crippen LogP contribution < -0.4 is 5.32 Å². The average molecular weight is 405 g/mol. The first-order valence-electron chi connectivity index (χ1n) is 8.33. The number of benzene rings is 2. The molecule has 7 heteroatoms. The molecule has 0 saturated heterocycles. The number of hydrogen-bond donors (Lipinski definition) is 1. The Balaban J connectivity index is 1.58. The molecule has 140 valence electrons. The minimum absolute atomic E-state index is 0.117. The summed E-state index contributed by atoms with van der Waals surface area (Å²) in [5, 5.41) is 3.90. The Morgan fingerprint density at radius 1 is 1.22 bits per heavy atom. The molecule has 0 fully saturated rings. The van der Waals surface area contributed by atoms with Crippen molar-refractivity contribution in [1.29, 1.82) is 0 Å². The Bertz CT molecular complexity index is 940. The third-order valence-corrected chi connectivity index (χ3v) is 4.39. The van der Waals surface area contributed by atoms with Gasteiger partial charge in [-0.05, 0) is 35.9 Å². The Hall–Kier alpha value is -2.34. The van der Waals surface area contributed by atoms with Crippen molar-refractivity contribution < 1.29 is 13.9 Å². The van der Waals surface area contributed by atoms with Crippen LogP contribution in [0.4, 0.5) is 5.69 Å². The summed E-state index contributed by atoms with van der Waals surface area (Å²) >= 11 is 12.1. The van der Waals surface area contributed by atoms with Crippen LogP contribution in [0.5, 0.6) is 0 Å². The van der Waals surface area contributed by atoms with Crippen LogP contribution in [0.3, 0.4) is 0 Å². The SMILES string of the molecule is COCc1cccc(NC(=O)CCc2ncc(-c3ccc(Cl)cc3Cl)o2)c1. The largest absolute Gasteiger partial charge is 0.441 e. The predicted octanol–water partition coefficient (Wildman–Crippen LogP) is 5.37. The van der Waals surface area contributed by atoms with Crippen molar-refractivity contribution in [2.75, 3.05) is 12.4 Å². The number of nitrogens with one attached hydrogen (secondary N) is 1. The smallest absolute Gasteiger partial charge is 0.224 e. The Morgan fingerprint density at radius 2 is 2.07 bits per heavy atom. The number of hydrogen-bond acceptors (Lipinski definition) is 4. The van der Waals surface area contributed by atoms with Crippen LogP contribution in [0, 0.1) is 0 Å². The first kappa shape index (κ1) is 19.4. The van der Waals surface area contributed by atoms with Gasteiger partial charge < -0.3 is 14.5 Å². The molecule has 0 aliphatic heterocycles. The van der Waals surface area contributed by atoms with Crippen molar-refractivity contribution in [3.8, 4) is 11.3 Å². The van der Waals surface area contributed by atoms with E-state index in [2.05, 4.69) is 10.3 Å². The van der Waals surface area contributed by atoms with Crippen molar-refractivity contribution in [2.24, 2.45) is 0 Å². The van der Waals surface area contributed by atoms with Crippen LogP contribution in [-0.4, -0.2) is 18.0 Å². The van der Waals surface area contributed by atoms with E-state index in [1.165, 1.54) is 0 Å². The second-order valence-electron chi connectivity index (χ2n) is 5.92. The zero-order valence-electron chi connectivity index (χ0n) is 14.7. The lowest BCUT2D eigenvalue weighted by Crippen LogP contribution is -2.12. The third kappa shape index (κ3) is 5.32. The first-order valence-corrected chi connectivity index (χ1v) is 9.08. The molecule has 1 N–H and O–H groups in total. The number of aryl methyl sites for hydroxylation is 1. The van der Waals surface area contributed by atoms with Crippen LogP contribution in [0.2, 0.25) is 10.0 Å². The number of carbonyl (C=O) groups is 1. The van der Waals surface area contributed by atoms with Gasteiger partial charge in [-0.3, -0.25) is 4.79 Å². The molecule has 5 nitrogen and oxygen atoms in total. The topological polar surface area (TPSA) is 64.4 Å². The normalized spacial score (nSPS) is 10.8. The Labute approximate surface area is 167 Å². The van der Waals surface area contributed by atoms with Gasteiger partial charge in [0.15, 0.2) is 11.7 Å². The van der Waals surface area contributed by atoms with Crippen molar-refractivity contribution in [2.45, 2.75) is 19.4 Å². The summed E-state index contributed by atoms with van der Waals surface area (Å²) in [6.07, 6.45) is 2.23. The van der Waals surface area contributed by atoms with E-state index < -0.39 is 0 Å². The molecule has 2 aromatic carbocycles. The lowest BCUT2D eigenvalue weighted by atomic mass is 10.2. The van der Waals surface area contributed by atoms with Gasteiger partial charge in [0, 0.05) is 36.2 Å². The number of methoxy groups -OCH3 is 1. The number of amides is 1. The van der Waals surface area contributed by atoms with Gasteiger partial charge in [-0.1, -0.05) is 35.3 Å². The number of rotatable bonds is 7. The van der Waals surface area contributed by atoms with E-state index in [4.69, 9.17) is 32.4 Å². The van der Waals surface area contributed by atoms with E-state index in [9.17, 15) is 4.79 Å². The van der Waals surface area contributed by atoms with E-state index in [0.717, 1.165) is 11.3 Å². The molecule has 3 aromatic rings. The van der Waals surface area contributed by atoms with Crippen LogP contribution in [0.25, 0.3) is 11.3 Å². The van der Waals surface area contributed by atoms with Crippen molar-refractivity contribution in [3.63, 3.8) is 0 Å². The highest BCUT2D eigenvalue weighted by Crippen LogP contribution is 2.30. The summed E-state index contributed by atoms with van der Waals surface area (Å²) in [5.74, 6) is 0.896. The fourth-order valence-corrected chi connectivity index (χ4v) is 3.09. The number of anilines is 1. The van der Waals surface area contributed by atoms with E-state index >= 15 is 0 Å². The predicted molar refractivity (Wildman–Crippen MR) is 106 cm³/mol. The number of aromatic nitrogens is 1. The molecule has 0 aliphatic carbocycles. The number of nitrogens with zero attached hydrogens (tertiary/aromatic N) is 1. The maximum absolute atomic E-state index is 12.2. The number of halogens is 2. The maximum atomic E-state index is 12.2. The molecule has 3 rings (SSSR count). The molecule has 1 aromatic heterocycles. The first-order chi connectivity index (χ1) is 13.0. The van der Waals surface area contributed by atoms with Gasteiger partial charge >= 0.3 is 0 Å². The number of carbonyl (C=O) groups excluding carboxylic acids is 1. The third-order valence-electron chi connectivity index (χ3n) is 3.84. The zero-order chi connectivity index (χ0) is 19.2. The molecule has 27 heavy (non-hydrogen) atoms. The molecule has 1 heterocycles. The molecular formula is C20H18Cl2N2O3. The molecule has 0 aliphatic rings. The van der Waals surface area contributed by atoms with E-state index in [1.54, 1.807) is 31.5 Å². The second-order valence-corrected chi connectivity index (χ2v) is 6.77. The molecule has 0 unspecified atom stereocenters. The zero-order valence-corrected chi connectivity index (χ0v) is 16.2. The maximum Gasteiger partial charge on any atom is 0.224 e. The monoisotopic (exact) mass is 404 g/mol. The number of ether oxygens (including phenoxy) is 1. The van der Waals surface area contributed by atoms with Crippen molar-refractivity contribution >= 4 is 34.8 Å². The van der Waals surface area contributed by atoms with Gasteiger partial charge in [-0.2, -0.15) is 0 Å². The Kier molecular flexibility index (Phi) is 6.50. The highest BCUT2D eigenvalue weighted by molar-refractivity contribution is 6.36. The molecule has 0 radical (unpaired) electrons. The summed E-state index contributed by atoms with van der Waals surface area (Å²) in [4.78, 5) is 16.4. The van der Waals surface area contributed by atoms with Crippen LogP contribution in [0.1, 0.15) is 17.9 Å². The van der Waals surface area contributed by atoms with Gasteiger partial charge in [0.05, 0.1) is 17.8 Å². The van der Waals surface area contributed by atoms with E-state index in [0.29, 0.717) is 40.3 Å². The summed E-state index contributed by atoms with van der Waals surface area (Å²) in [7, 11) is 1.63. The lowest BCUT2D eigenvalue weighted by Gasteiger charge is -2.06. The highest BCUT2D eigenvalue weighted by atomic mass is 35.5. The molecule has 0 spiro atoms. The second kappa shape index (κ2) is 9.04. The molecule has 0 atom stereocenters. The van der Waals surface area contributed by atoms with Crippen molar-refractivity contribution in [1.82, 2.24) is 4.98 Å². The summed E-state index contributed by atoms with van der Waals surface area (Å²) in [6, 6.07) is 12.7. The van der Waals surface area contributed by atoms with Gasteiger partial charge in [-0.15, -0.1) is 0 Å². The molecular weight excluding hydrogens is 387 g/mol. The summed E-state index contributed by atoms with van der Waals surface area (Å²) < 4.78 is 10.8. The van der Waals surface area contributed by atoms with Gasteiger partial charge in [0.25, 0.3) is 0 Å². The minimum atomic E-state index is -0.117. The number of oxazole rings is 1. The average Bonchev–Trinajstić information content (AvgIpc) is 3.09. The van der Waals surface area contributed by atoms with Gasteiger partial charge in [0.2, 0.25) is 5.91 Å². The fourth-order valence-electron chi connectivity index (χ4n) is 2.59. The quantitative estimate of drug-likeness (QED) is 0.574. The van der Waals surface area contributed by atoms with Gasteiger partial charge in [-0.25, -0.2) is 4.98 Å². The van der Waals surface area contributed by atoms with Crippen LogP contribution >= 0.6 is 23.2 Å². The van der Waals surface area contributed by atoms with Crippen LogP contribution in [0.15, 0.2) is 53.1 Å². The lowest BCUT2D eigenvalue weighted by molar-refractivity contribution is -0.116. The van der Waals surface area contributed by atoms with Crippen molar-refractivity contribution in [3.05, 3.63) is 70.2 Å². The Morgan fingerprint density at radius 3 is 2.85 bits per heavy atom. The summed E-state index contributed by atoms with van der Waals surface area (Å²) in [6.45, 7) is 0.496. The standard InChI is InChI=1S/C20H18Cl2N2O3/c1-26-12-13-3-2-4-15(9-13)24-19(25)7-8-20-23-11-18(27-20)16-6-5-14(21)10-17(16)22/h2-6,9-11H,7-8,12H2,1H3,(H,24,25). The molecule has 0 saturated carbocycles. The minimum Gasteiger partial charge on any atom is -0.441 e. The highest BCUT2D eigenvalue weighted by Gasteiger charge is 2.12. The van der Waals surface area contributed by atoms with Gasteiger partial charge in [0.1, 0.15) is 0 Å². The van der Waals surface area contributed by atoms with Crippen LogP contribution in [-0.2, 0) is 22.6 Å². The summed E-state index contributed by atoms with van der Waals surface area (Å²) in [5.41, 5.74) is 2.43. The van der Waals surface area contributed by atoms with E-state index in [-0.39, 0.29) is 12.3 Å². The van der Waals surface area contributed by atoms with E-state index in [1.807, 2.05) is 24.3 Å². The molecule has 0 bridgehead atoms. The molecule has 1 amide bonds.